The quantitative estimate of drug-likeness (QED) is 0.722. The lowest BCUT2D eigenvalue weighted by atomic mass is 10.1. The van der Waals surface area contributed by atoms with Gasteiger partial charge in [-0.15, -0.1) is 0 Å². The second-order valence-corrected chi connectivity index (χ2v) is 8.41. The molecule has 0 aliphatic carbocycles. The third-order valence-corrected chi connectivity index (χ3v) is 6.19. The lowest BCUT2D eigenvalue weighted by molar-refractivity contribution is -0.139. The number of thioether (sulfide) groups is 1. The smallest absolute Gasteiger partial charge is 0.321 e. The molecule has 1 atom stereocenters. The number of benzene rings is 2. The van der Waals surface area contributed by atoms with Crippen LogP contribution in [0.25, 0.3) is 10.8 Å². The van der Waals surface area contributed by atoms with Crippen LogP contribution in [0.4, 0.5) is 0 Å². The van der Waals surface area contributed by atoms with Gasteiger partial charge in [-0.05, 0) is 35.9 Å². The molecular weight excluding hydrogens is 402 g/mol. The Labute approximate surface area is 147 Å². The molecule has 0 unspecified atom stereocenters. The summed E-state index contributed by atoms with van der Waals surface area (Å²) in [5.41, 5.74) is 0. The van der Waals surface area contributed by atoms with Crippen molar-refractivity contribution in [2.75, 3.05) is 12.0 Å². The van der Waals surface area contributed by atoms with Crippen LogP contribution in [0.2, 0.25) is 0 Å². The first-order valence-electron chi connectivity index (χ1n) is 6.78. The van der Waals surface area contributed by atoms with Crippen LogP contribution >= 0.6 is 27.7 Å². The molecule has 2 aromatic carbocycles. The van der Waals surface area contributed by atoms with Gasteiger partial charge in [0.05, 0.1) is 4.90 Å². The fraction of sp³-hybridized carbons (Fsp3) is 0.267. The maximum absolute atomic E-state index is 12.6. The third kappa shape index (κ3) is 4.26. The zero-order valence-electron chi connectivity index (χ0n) is 12.3. The lowest BCUT2D eigenvalue weighted by Crippen LogP contribution is -2.41. The molecule has 0 heterocycles. The molecule has 0 bridgehead atoms. The monoisotopic (exact) mass is 417 g/mol. The number of carboxylic acid groups (broad SMARTS) is 1. The number of aliphatic carboxylic acids is 1. The van der Waals surface area contributed by atoms with E-state index in [1.165, 1.54) is 17.8 Å². The molecule has 2 rings (SSSR count). The van der Waals surface area contributed by atoms with Gasteiger partial charge in [0, 0.05) is 9.86 Å². The van der Waals surface area contributed by atoms with Crippen LogP contribution in [0.3, 0.4) is 0 Å². The minimum atomic E-state index is -3.94. The number of carbonyl (C=O) groups is 1. The SMILES string of the molecule is CSCC[C@H](NS(=O)(=O)c1ccc(Br)c2ccccc12)C(=O)O. The third-order valence-electron chi connectivity index (χ3n) is 3.33. The molecule has 0 aliphatic heterocycles. The molecule has 0 fully saturated rings. The summed E-state index contributed by atoms with van der Waals surface area (Å²) in [6.07, 6.45) is 2.07. The van der Waals surface area contributed by atoms with E-state index in [1.54, 1.807) is 24.3 Å². The van der Waals surface area contributed by atoms with Crippen LogP contribution in [0.1, 0.15) is 6.42 Å². The van der Waals surface area contributed by atoms with Crippen LogP contribution in [0.15, 0.2) is 45.8 Å². The maximum Gasteiger partial charge on any atom is 0.321 e. The van der Waals surface area contributed by atoms with Crippen LogP contribution in [-0.4, -0.2) is 37.5 Å². The number of nitrogens with one attached hydrogen (secondary N) is 1. The summed E-state index contributed by atoms with van der Waals surface area (Å²) in [6.45, 7) is 0. The normalized spacial score (nSPS) is 13.1. The number of hydrogen-bond acceptors (Lipinski definition) is 4. The average molecular weight is 418 g/mol. The summed E-state index contributed by atoms with van der Waals surface area (Å²) in [4.78, 5) is 11.4. The molecule has 8 heteroatoms. The zero-order chi connectivity index (χ0) is 17.0. The molecule has 23 heavy (non-hydrogen) atoms. The predicted molar refractivity (Wildman–Crippen MR) is 96.4 cm³/mol. The van der Waals surface area contributed by atoms with E-state index in [4.69, 9.17) is 0 Å². The Morgan fingerprint density at radius 3 is 2.52 bits per heavy atom. The molecule has 5 nitrogen and oxygen atoms in total. The highest BCUT2D eigenvalue weighted by Crippen LogP contribution is 2.29. The Hall–Kier alpha value is -1.09. The minimum Gasteiger partial charge on any atom is -0.480 e. The summed E-state index contributed by atoms with van der Waals surface area (Å²) in [5, 5.41) is 10.5. The second kappa shape index (κ2) is 7.65. The van der Waals surface area contributed by atoms with Crippen molar-refractivity contribution in [1.82, 2.24) is 4.72 Å². The Morgan fingerprint density at radius 1 is 1.26 bits per heavy atom. The molecule has 2 aromatic rings. The molecule has 0 aromatic heterocycles. The van der Waals surface area contributed by atoms with E-state index in [0.717, 1.165) is 9.86 Å². The van der Waals surface area contributed by atoms with Gasteiger partial charge in [-0.25, -0.2) is 8.42 Å². The largest absolute Gasteiger partial charge is 0.480 e. The summed E-state index contributed by atoms with van der Waals surface area (Å²) in [6, 6.07) is 9.05. The first-order valence-corrected chi connectivity index (χ1v) is 10.4. The van der Waals surface area contributed by atoms with E-state index < -0.39 is 22.0 Å². The first kappa shape index (κ1) is 18.3. The molecule has 0 saturated carbocycles. The van der Waals surface area contributed by atoms with Crippen molar-refractivity contribution in [2.45, 2.75) is 17.4 Å². The number of rotatable bonds is 7. The highest BCUT2D eigenvalue weighted by Gasteiger charge is 2.26. The van der Waals surface area contributed by atoms with Gasteiger partial charge < -0.3 is 5.11 Å². The van der Waals surface area contributed by atoms with Gasteiger partial charge >= 0.3 is 5.97 Å². The molecule has 124 valence electrons. The highest BCUT2D eigenvalue weighted by atomic mass is 79.9. The maximum atomic E-state index is 12.6. The molecule has 0 saturated heterocycles. The van der Waals surface area contributed by atoms with Crippen LogP contribution in [0.5, 0.6) is 0 Å². The van der Waals surface area contributed by atoms with E-state index in [1.807, 2.05) is 12.3 Å². The van der Waals surface area contributed by atoms with Crippen molar-refractivity contribution in [1.29, 1.82) is 0 Å². The molecule has 0 spiro atoms. The fourth-order valence-electron chi connectivity index (χ4n) is 2.19. The number of hydrogen-bond donors (Lipinski definition) is 2. The molecular formula is C15H16BrNO4S2. The van der Waals surface area contributed by atoms with E-state index in [2.05, 4.69) is 20.7 Å². The molecule has 0 amide bonds. The van der Waals surface area contributed by atoms with Crippen molar-refractivity contribution in [3.05, 3.63) is 40.9 Å². The van der Waals surface area contributed by atoms with Gasteiger partial charge in [-0.1, -0.05) is 40.2 Å². The highest BCUT2D eigenvalue weighted by molar-refractivity contribution is 9.10. The van der Waals surface area contributed by atoms with Gasteiger partial charge in [-0.2, -0.15) is 16.5 Å². The van der Waals surface area contributed by atoms with E-state index in [0.29, 0.717) is 11.1 Å². The van der Waals surface area contributed by atoms with E-state index in [-0.39, 0.29) is 11.3 Å². The summed E-state index contributed by atoms with van der Waals surface area (Å²) < 4.78 is 28.4. The summed E-state index contributed by atoms with van der Waals surface area (Å²) in [5.74, 6) is -0.621. The lowest BCUT2D eigenvalue weighted by Gasteiger charge is -2.16. The minimum absolute atomic E-state index is 0.0756. The first-order chi connectivity index (χ1) is 10.9. The number of sulfonamides is 1. The number of fused-ring (bicyclic) bond motifs is 1. The zero-order valence-corrected chi connectivity index (χ0v) is 15.5. The number of halogens is 1. The summed E-state index contributed by atoms with van der Waals surface area (Å²) >= 11 is 4.86. The van der Waals surface area contributed by atoms with E-state index >= 15 is 0 Å². The Bertz CT molecular complexity index is 823. The van der Waals surface area contributed by atoms with Gasteiger partial charge in [0.25, 0.3) is 0 Å². The van der Waals surface area contributed by atoms with Gasteiger partial charge in [0.15, 0.2) is 0 Å². The van der Waals surface area contributed by atoms with Crippen LogP contribution in [-0.2, 0) is 14.8 Å². The van der Waals surface area contributed by atoms with Crippen LogP contribution < -0.4 is 4.72 Å². The van der Waals surface area contributed by atoms with Crippen molar-refractivity contribution in [3.8, 4) is 0 Å². The predicted octanol–water partition coefficient (Wildman–Crippen LogP) is 3.09. The number of carboxylic acids is 1. The Balaban J connectivity index is 2.44. The van der Waals surface area contributed by atoms with Crippen molar-refractivity contribution < 1.29 is 18.3 Å². The van der Waals surface area contributed by atoms with Crippen molar-refractivity contribution >= 4 is 54.5 Å². The topological polar surface area (TPSA) is 83.5 Å². The van der Waals surface area contributed by atoms with Gasteiger partial charge in [-0.3, -0.25) is 4.79 Å². The van der Waals surface area contributed by atoms with Gasteiger partial charge in [0.1, 0.15) is 6.04 Å². The van der Waals surface area contributed by atoms with E-state index in [9.17, 15) is 18.3 Å². The Kier molecular flexibility index (Phi) is 6.07. The van der Waals surface area contributed by atoms with Crippen molar-refractivity contribution in [3.63, 3.8) is 0 Å². The van der Waals surface area contributed by atoms with Gasteiger partial charge in [0.2, 0.25) is 10.0 Å². The molecule has 2 N–H and O–H groups in total. The van der Waals surface area contributed by atoms with Crippen LogP contribution in [0, 0.1) is 0 Å². The Morgan fingerprint density at radius 2 is 1.91 bits per heavy atom. The molecule has 0 aliphatic rings. The van der Waals surface area contributed by atoms with Crippen molar-refractivity contribution in [2.24, 2.45) is 0 Å². The second-order valence-electron chi connectivity index (χ2n) is 4.88. The molecule has 0 radical (unpaired) electrons. The fourth-order valence-corrected chi connectivity index (χ4v) is 4.57. The standard InChI is InChI=1S/C15H16BrNO4S2/c1-22-9-8-13(15(18)19)17-23(20,21)14-7-6-12(16)10-4-2-3-5-11(10)14/h2-7,13,17H,8-9H2,1H3,(H,18,19)/t13-/m0/s1. The summed E-state index contributed by atoms with van der Waals surface area (Å²) in [7, 11) is -3.94. The average Bonchev–Trinajstić information content (AvgIpc) is 2.51.